The van der Waals surface area contributed by atoms with Crippen molar-refractivity contribution in [2.75, 3.05) is 0 Å². The normalized spacial score (nSPS) is 11.3. The highest BCUT2D eigenvalue weighted by atomic mass is 35.5. The molecule has 0 aliphatic rings. The van der Waals surface area contributed by atoms with E-state index in [1.807, 2.05) is 4.57 Å². The van der Waals surface area contributed by atoms with Crippen LogP contribution in [0, 0.1) is 6.92 Å². The van der Waals surface area contributed by atoms with Gasteiger partial charge in [-0.05, 0) is 6.07 Å². The van der Waals surface area contributed by atoms with Crippen molar-refractivity contribution in [1.82, 2.24) is 24.7 Å². The minimum atomic E-state index is 0.305. The third-order valence-electron chi connectivity index (χ3n) is 2.88. The zero-order valence-electron chi connectivity index (χ0n) is 10.7. The van der Waals surface area contributed by atoms with Crippen LogP contribution in [0.5, 0.6) is 0 Å². The fraction of sp³-hybridized carbons (Fsp3) is 0.333. The number of nitrogens with zero attached hydrogens (tertiary/aromatic N) is 5. The largest absolute Gasteiger partial charge is 0.340 e. The first-order chi connectivity index (χ1) is 9.67. The topological polar surface area (TPSA) is 69.6 Å². The Morgan fingerprint density at radius 1 is 1.35 bits per heavy atom. The minimum Gasteiger partial charge on any atom is -0.340 e. The van der Waals surface area contributed by atoms with Gasteiger partial charge in [0.25, 0.3) is 0 Å². The number of hydrogen-bond donors (Lipinski definition) is 0. The van der Waals surface area contributed by atoms with Gasteiger partial charge in [0.15, 0.2) is 11.5 Å². The Balaban J connectivity index is 1.93. The molecule has 3 aromatic heterocycles. The first-order valence-corrected chi connectivity index (χ1v) is 6.94. The summed E-state index contributed by atoms with van der Waals surface area (Å²) in [6, 6.07) is 1.77. The number of fused-ring (bicyclic) bond motifs is 1. The van der Waals surface area contributed by atoms with E-state index in [4.69, 9.17) is 27.7 Å². The Hall–Kier alpha value is -1.66. The van der Waals surface area contributed by atoms with Gasteiger partial charge >= 0.3 is 0 Å². The van der Waals surface area contributed by atoms with Crippen LogP contribution in [0.3, 0.4) is 0 Å². The van der Waals surface area contributed by atoms with Crippen LogP contribution in [0.15, 0.2) is 16.8 Å². The number of aromatic nitrogens is 5. The average Bonchev–Trinajstić information content (AvgIpc) is 2.99. The van der Waals surface area contributed by atoms with Gasteiger partial charge in [-0.25, -0.2) is 9.97 Å². The summed E-state index contributed by atoms with van der Waals surface area (Å²) >= 11 is 11.9. The zero-order valence-corrected chi connectivity index (χ0v) is 12.2. The number of alkyl halides is 1. The molecule has 8 heteroatoms. The maximum absolute atomic E-state index is 5.94. The second-order valence-electron chi connectivity index (χ2n) is 4.29. The van der Waals surface area contributed by atoms with Crippen LogP contribution in [-0.4, -0.2) is 24.7 Å². The molecule has 0 aliphatic carbocycles. The van der Waals surface area contributed by atoms with E-state index in [9.17, 15) is 0 Å². The van der Waals surface area contributed by atoms with Crippen molar-refractivity contribution in [3.05, 3.63) is 34.8 Å². The molecule has 0 bridgehead atoms. The van der Waals surface area contributed by atoms with Gasteiger partial charge in [0.1, 0.15) is 11.3 Å². The standard InChI is InChI=1S/C12H11Cl2N5O/c1-7-16-10(18-20-7)2-3-19-11(5-13)17-9-4-8(14)6-15-12(9)19/h4,6H,2-3,5H2,1H3. The SMILES string of the molecule is Cc1nc(CCn2c(CCl)nc3cc(Cl)cnc32)no1. The molecular formula is C12H11Cl2N5O. The summed E-state index contributed by atoms with van der Waals surface area (Å²) in [5.74, 6) is 2.26. The summed E-state index contributed by atoms with van der Waals surface area (Å²) in [5.41, 5.74) is 1.49. The Bertz CT molecular complexity index is 751. The third kappa shape index (κ3) is 2.48. The Labute approximate surface area is 124 Å². The van der Waals surface area contributed by atoms with Gasteiger partial charge in [0.2, 0.25) is 5.89 Å². The van der Waals surface area contributed by atoms with Crippen molar-refractivity contribution < 1.29 is 4.52 Å². The maximum Gasteiger partial charge on any atom is 0.223 e. The molecule has 0 atom stereocenters. The first-order valence-electron chi connectivity index (χ1n) is 6.03. The Kier molecular flexibility index (Phi) is 3.58. The first kappa shape index (κ1) is 13.3. The molecule has 0 spiro atoms. The number of pyridine rings is 1. The summed E-state index contributed by atoms with van der Waals surface area (Å²) < 4.78 is 6.90. The molecular weight excluding hydrogens is 301 g/mol. The fourth-order valence-electron chi connectivity index (χ4n) is 2.02. The molecule has 104 valence electrons. The van der Waals surface area contributed by atoms with Crippen molar-refractivity contribution in [1.29, 1.82) is 0 Å². The maximum atomic E-state index is 5.94. The second-order valence-corrected chi connectivity index (χ2v) is 4.99. The van der Waals surface area contributed by atoms with Crippen LogP contribution in [-0.2, 0) is 18.8 Å². The highest BCUT2D eigenvalue weighted by molar-refractivity contribution is 6.31. The van der Waals surface area contributed by atoms with Crippen LogP contribution >= 0.6 is 23.2 Å². The Morgan fingerprint density at radius 2 is 2.20 bits per heavy atom. The molecule has 3 aromatic rings. The number of aryl methyl sites for hydroxylation is 3. The molecule has 0 saturated carbocycles. The summed E-state index contributed by atoms with van der Waals surface area (Å²) in [6.07, 6.45) is 2.22. The van der Waals surface area contributed by atoms with Gasteiger partial charge in [0.05, 0.1) is 10.9 Å². The van der Waals surface area contributed by atoms with Crippen molar-refractivity contribution in [2.45, 2.75) is 25.8 Å². The number of hydrogen-bond acceptors (Lipinski definition) is 5. The minimum absolute atomic E-state index is 0.305. The fourth-order valence-corrected chi connectivity index (χ4v) is 2.38. The van der Waals surface area contributed by atoms with Crippen LogP contribution in [0.2, 0.25) is 5.02 Å². The van der Waals surface area contributed by atoms with Crippen LogP contribution in [0.4, 0.5) is 0 Å². The number of halogens is 2. The van der Waals surface area contributed by atoms with Crippen molar-refractivity contribution in [3.8, 4) is 0 Å². The second kappa shape index (κ2) is 5.38. The molecule has 0 aromatic carbocycles. The van der Waals surface area contributed by atoms with Crippen molar-refractivity contribution >= 4 is 34.4 Å². The van der Waals surface area contributed by atoms with E-state index < -0.39 is 0 Å². The molecule has 0 aliphatic heterocycles. The quantitative estimate of drug-likeness (QED) is 0.693. The van der Waals surface area contributed by atoms with Crippen LogP contribution in [0.1, 0.15) is 17.5 Å². The van der Waals surface area contributed by atoms with Gasteiger partial charge in [-0.3, -0.25) is 0 Å². The molecule has 6 nitrogen and oxygen atoms in total. The molecule has 0 radical (unpaired) electrons. The lowest BCUT2D eigenvalue weighted by Gasteiger charge is -2.04. The number of rotatable bonds is 4. The molecule has 0 saturated heterocycles. The van der Waals surface area contributed by atoms with E-state index in [-0.39, 0.29) is 0 Å². The molecule has 3 heterocycles. The lowest BCUT2D eigenvalue weighted by atomic mass is 10.4. The van der Waals surface area contributed by atoms with E-state index in [2.05, 4.69) is 20.1 Å². The summed E-state index contributed by atoms with van der Waals surface area (Å²) in [6.45, 7) is 2.39. The summed E-state index contributed by atoms with van der Waals surface area (Å²) in [5, 5.41) is 4.42. The smallest absolute Gasteiger partial charge is 0.223 e. The van der Waals surface area contributed by atoms with Gasteiger partial charge < -0.3 is 9.09 Å². The van der Waals surface area contributed by atoms with Gasteiger partial charge in [0, 0.05) is 26.1 Å². The predicted molar refractivity (Wildman–Crippen MR) is 74.8 cm³/mol. The molecule has 0 fully saturated rings. The van der Waals surface area contributed by atoms with Gasteiger partial charge in [-0.2, -0.15) is 4.98 Å². The Morgan fingerprint density at radius 3 is 2.90 bits per heavy atom. The summed E-state index contributed by atoms with van der Waals surface area (Å²) in [7, 11) is 0. The van der Waals surface area contributed by atoms with E-state index in [1.165, 1.54) is 0 Å². The number of imidazole rings is 1. The lowest BCUT2D eigenvalue weighted by molar-refractivity contribution is 0.386. The predicted octanol–water partition coefficient (Wildman–Crippen LogP) is 2.76. The monoisotopic (exact) mass is 311 g/mol. The van der Waals surface area contributed by atoms with Crippen LogP contribution in [0.25, 0.3) is 11.2 Å². The van der Waals surface area contributed by atoms with Crippen LogP contribution < -0.4 is 0 Å². The lowest BCUT2D eigenvalue weighted by Crippen LogP contribution is -2.06. The molecule has 0 N–H and O–H groups in total. The highest BCUT2D eigenvalue weighted by Gasteiger charge is 2.12. The molecule has 0 amide bonds. The van der Waals surface area contributed by atoms with E-state index in [0.29, 0.717) is 35.6 Å². The molecule has 20 heavy (non-hydrogen) atoms. The van der Waals surface area contributed by atoms with Gasteiger partial charge in [-0.15, -0.1) is 11.6 Å². The van der Waals surface area contributed by atoms with E-state index in [1.54, 1.807) is 19.2 Å². The van der Waals surface area contributed by atoms with E-state index in [0.717, 1.165) is 17.0 Å². The highest BCUT2D eigenvalue weighted by Crippen LogP contribution is 2.19. The molecule has 3 rings (SSSR count). The molecule has 0 unspecified atom stereocenters. The van der Waals surface area contributed by atoms with Gasteiger partial charge in [-0.1, -0.05) is 16.8 Å². The average molecular weight is 312 g/mol. The van der Waals surface area contributed by atoms with E-state index >= 15 is 0 Å². The van der Waals surface area contributed by atoms with Crippen molar-refractivity contribution in [2.24, 2.45) is 0 Å². The zero-order chi connectivity index (χ0) is 14.1. The summed E-state index contributed by atoms with van der Waals surface area (Å²) in [4.78, 5) is 12.9. The van der Waals surface area contributed by atoms with Crippen molar-refractivity contribution in [3.63, 3.8) is 0 Å². The third-order valence-corrected chi connectivity index (χ3v) is 3.32.